The lowest BCUT2D eigenvalue weighted by atomic mass is 10.0. The van der Waals surface area contributed by atoms with E-state index < -0.39 is 0 Å². The average molecular weight is 384 g/mol. The second-order valence-corrected chi connectivity index (χ2v) is 7.34. The van der Waals surface area contributed by atoms with E-state index in [1.807, 2.05) is 32.0 Å². The van der Waals surface area contributed by atoms with Gasteiger partial charge in [-0.15, -0.1) is 0 Å². The molecule has 0 amide bonds. The molecule has 1 aromatic heterocycles. The maximum atomic E-state index is 13.0. The van der Waals surface area contributed by atoms with E-state index in [1.54, 1.807) is 14.2 Å². The van der Waals surface area contributed by atoms with Gasteiger partial charge >= 0.3 is 0 Å². The Morgan fingerprint density at radius 2 is 1.96 bits per heavy atom. The third kappa shape index (κ3) is 3.69. The summed E-state index contributed by atoms with van der Waals surface area (Å²) < 4.78 is 10.9. The number of Topliss-reactive ketones (excluding diaryl/α,β-unsaturated/α-hetero) is 2. The fourth-order valence-electron chi connectivity index (χ4n) is 4.29. The molecule has 2 aromatic rings. The molecule has 0 spiro atoms. The third-order valence-electron chi connectivity index (χ3n) is 5.57. The highest BCUT2D eigenvalue weighted by atomic mass is 16.5. The van der Waals surface area contributed by atoms with Gasteiger partial charge in [-0.05, 0) is 63.9 Å². The van der Waals surface area contributed by atoms with Crippen molar-refractivity contribution in [3.63, 3.8) is 0 Å². The molecule has 6 nitrogen and oxygen atoms in total. The van der Waals surface area contributed by atoms with E-state index in [1.165, 1.54) is 6.92 Å². The minimum absolute atomic E-state index is 0.00172. The first kappa shape index (κ1) is 20.1. The van der Waals surface area contributed by atoms with E-state index in [4.69, 9.17) is 9.47 Å². The molecule has 1 aromatic carbocycles. The van der Waals surface area contributed by atoms with Crippen LogP contribution in [0.15, 0.2) is 18.2 Å². The molecular weight excluding hydrogens is 356 g/mol. The lowest BCUT2D eigenvalue weighted by Crippen LogP contribution is -2.30. The highest BCUT2D eigenvalue weighted by molar-refractivity contribution is 6.04. The molecule has 0 saturated carbocycles. The van der Waals surface area contributed by atoms with Crippen molar-refractivity contribution in [2.45, 2.75) is 39.7 Å². The summed E-state index contributed by atoms with van der Waals surface area (Å²) >= 11 is 0. The zero-order valence-corrected chi connectivity index (χ0v) is 17.2. The van der Waals surface area contributed by atoms with E-state index in [0.29, 0.717) is 17.8 Å². The predicted octanol–water partition coefficient (Wildman–Crippen LogP) is 3.87. The number of carbonyl (C=O) groups is 2. The predicted molar refractivity (Wildman–Crippen MR) is 108 cm³/mol. The molecule has 0 radical (unpaired) electrons. The topological polar surface area (TPSA) is 71.6 Å². The number of aromatic amines is 1. The maximum Gasteiger partial charge on any atom is 0.193 e. The Kier molecular flexibility index (Phi) is 5.89. The van der Waals surface area contributed by atoms with Crippen molar-refractivity contribution in [2.24, 2.45) is 0 Å². The van der Waals surface area contributed by atoms with Gasteiger partial charge in [0.2, 0.25) is 0 Å². The van der Waals surface area contributed by atoms with Crippen LogP contribution < -0.4 is 9.47 Å². The van der Waals surface area contributed by atoms with Crippen molar-refractivity contribution < 1.29 is 19.1 Å². The standard InChI is InChI=1S/C22H28N2O4/c1-13-21(15(3)25)14(2)23-22(13)19(26)12-24-10-6-7-18(24)17-11-16(27-4)8-9-20(17)28-5/h8-9,11,18,23H,6-7,10,12H2,1-5H3/t18-/m1/s1. The number of ether oxygens (including phenoxy) is 2. The van der Waals surface area contributed by atoms with Crippen LogP contribution in [-0.4, -0.2) is 48.8 Å². The summed E-state index contributed by atoms with van der Waals surface area (Å²) in [7, 11) is 3.30. The Morgan fingerprint density at radius 3 is 2.57 bits per heavy atom. The largest absolute Gasteiger partial charge is 0.497 e. The number of methoxy groups -OCH3 is 2. The van der Waals surface area contributed by atoms with E-state index in [2.05, 4.69) is 9.88 Å². The summed E-state index contributed by atoms with van der Waals surface area (Å²) in [6.45, 7) is 6.33. The number of nitrogens with zero attached hydrogens (tertiary/aromatic N) is 1. The zero-order valence-electron chi connectivity index (χ0n) is 17.2. The number of hydrogen-bond acceptors (Lipinski definition) is 5. The number of benzene rings is 1. The van der Waals surface area contributed by atoms with Crippen LogP contribution in [0.25, 0.3) is 0 Å². The number of rotatable bonds is 7. The first-order chi connectivity index (χ1) is 13.4. The smallest absolute Gasteiger partial charge is 0.193 e. The molecule has 1 saturated heterocycles. The first-order valence-corrected chi connectivity index (χ1v) is 9.56. The lowest BCUT2D eigenvalue weighted by molar-refractivity contribution is 0.0915. The van der Waals surface area contributed by atoms with Crippen molar-refractivity contribution in [3.8, 4) is 11.5 Å². The van der Waals surface area contributed by atoms with Crippen molar-refractivity contribution in [1.29, 1.82) is 0 Å². The normalized spacial score (nSPS) is 17.0. The van der Waals surface area contributed by atoms with Gasteiger partial charge < -0.3 is 14.5 Å². The van der Waals surface area contributed by atoms with Gasteiger partial charge in [0, 0.05) is 22.9 Å². The first-order valence-electron chi connectivity index (χ1n) is 9.56. The van der Waals surface area contributed by atoms with Gasteiger partial charge in [-0.1, -0.05) is 0 Å². The molecule has 1 aliphatic heterocycles. The number of likely N-dealkylation sites (tertiary alicyclic amines) is 1. The summed E-state index contributed by atoms with van der Waals surface area (Å²) in [6.07, 6.45) is 1.97. The Hall–Kier alpha value is -2.60. The van der Waals surface area contributed by atoms with Crippen LogP contribution in [0.1, 0.15) is 63.5 Å². The van der Waals surface area contributed by atoms with Crippen LogP contribution in [-0.2, 0) is 0 Å². The van der Waals surface area contributed by atoms with Crippen LogP contribution in [0.3, 0.4) is 0 Å². The number of aryl methyl sites for hydroxylation is 1. The van der Waals surface area contributed by atoms with Gasteiger partial charge in [0.1, 0.15) is 11.5 Å². The highest BCUT2D eigenvalue weighted by Crippen LogP contribution is 2.39. The van der Waals surface area contributed by atoms with Gasteiger partial charge in [0.15, 0.2) is 11.6 Å². The average Bonchev–Trinajstić information content (AvgIpc) is 3.24. The summed E-state index contributed by atoms with van der Waals surface area (Å²) in [5.74, 6) is 1.55. The molecule has 1 aliphatic rings. The number of carbonyl (C=O) groups excluding carboxylic acids is 2. The summed E-state index contributed by atoms with van der Waals surface area (Å²) in [5.41, 5.74) is 3.68. The van der Waals surface area contributed by atoms with Gasteiger partial charge in [0.25, 0.3) is 0 Å². The van der Waals surface area contributed by atoms with Gasteiger partial charge in [-0.2, -0.15) is 0 Å². The zero-order chi connectivity index (χ0) is 20.4. The van der Waals surface area contributed by atoms with Crippen LogP contribution in [0.2, 0.25) is 0 Å². The molecule has 1 atom stereocenters. The third-order valence-corrected chi connectivity index (χ3v) is 5.57. The Bertz CT molecular complexity index is 900. The molecule has 6 heteroatoms. The molecule has 3 rings (SSSR count). The number of H-pyrrole nitrogens is 1. The molecule has 0 bridgehead atoms. The number of hydrogen-bond donors (Lipinski definition) is 1. The van der Waals surface area contributed by atoms with Crippen molar-refractivity contribution >= 4 is 11.6 Å². The molecule has 1 fully saturated rings. The van der Waals surface area contributed by atoms with E-state index >= 15 is 0 Å². The molecule has 150 valence electrons. The van der Waals surface area contributed by atoms with Crippen molar-refractivity contribution in [3.05, 3.63) is 46.3 Å². The van der Waals surface area contributed by atoms with E-state index in [-0.39, 0.29) is 17.6 Å². The quantitative estimate of drug-likeness (QED) is 0.734. The summed E-state index contributed by atoms with van der Waals surface area (Å²) in [5, 5.41) is 0. The van der Waals surface area contributed by atoms with Crippen LogP contribution in [0.5, 0.6) is 11.5 Å². The monoisotopic (exact) mass is 384 g/mol. The molecule has 2 heterocycles. The molecule has 0 aliphatic carbocycles. The van der Waals surface area contributed by atoms with Gasteiger partial charge in [-0.3, -0.25) is 14.5 Å². The Morgan fingerprint density at radius 1 is 1.21 bits per heavy atom. The minimum Gasteiger partial charge on any atom is -0.497 e. The van der Waals surface area contributed by atoms with E-state index in [0.717, 1.165) is 47.7 Å². The number of aromatic nitrogens is 1. The second kappa shape index (κ2) is 8.19. The fraction of sp³-hybridized carbons (Fsp3) is 0.455. The fourth-order valence-corrected chi connectivity index (χ4v) is 4.29. The van der Waals surface area contributed by atoms with Gasteiger partial charge in [0.05, 0.1) is 26.5 Å². The lowest BCUT2D eigenvalue weighted by Gasteiger charge is -2.26. The Labute approximate surface area is 165 Å². The van der Waals surface area contributed by atoms with Crippen LogP contribution in [0.4, 0.5) is 0 Å². The Balaban J connectivity index is 1.86. The second-order valence-electron chi connectivity index (χ2n) is 7.34. The maximum absolute atomic E-state index is 13.0. The van der Waals surface area contributed by atoms with Crippen LogP contribution in [0, 0.1) is 13.8 Å². The molecule has 1 N–H and O–H groups in total. The molecule has 0 unspecified atom stereocenters. The van der Waals surface area contributed by atoms with Gasteiger partial charge in [-0.25, -0.2) is 0 Å². The molecular formula is C22H28N2O4. The summed E-state index contributed by atoms with van der Waals surface area (Å²) in [4.78, 5) is 30.2. The number of ketones is 2. The number of nitrogens with one attached hydrogen (secondary N) is 1. The van der Waals surface area contributed by atoms with Crippen LogP contribution >= 0.6 is 0 Å². The minimum atomic E-state index is -0.0227. The van der Waals surface area contributed by atoms with Crippen molar-refractivity contribution in [1.82, 2.24) is 9.88 Å². The molecule has 28 heavy (non-hydrogen) atoms. The van der Waals surface area contributed by atoms with Crippen molar-refractivity contribution in [2.75, 3.05) is 27.3 Å². The summed E-state index contributed by atoms with van der Waals surface area (Å²) in [6, 6.07) is 5.87. The highest BCUT2D eigenvalue weighted by Gasteiger charge is 2.31. The van der Waals surface area contributed by atoms with E-state index in [9.17, 15) is 9.59 Å². The SMILES string of the molecule is COc1ccc(OC)c([C@H]2CCCN2CC(=O)c2[nH]c(C)c(C(C)=O)c2C)c1.